The van der Waals surface area contributed by atoms with Crippen LogP contribution in [0.2, 0.25) is 5.02 Å². The van der Waals surface area contributed by atoms with Crippen LogP contribution in [-0.2, 0) is 22.6 Å². The number of esters is 1. The van der Waals surface area contributed by atoms with Gasteiger partial charge in [-0.2, -0.15) is 0 Å². The van der Waals surface area contributed by atoms with Crippen LogP contribution in [0.4, 0.5) is 0 Å². The van der Waals surface area contributed by atoms with Crippen LogP contribution in [0.1, 0.15) is 74.8 Å². The average Bonchev–Trinajstić information content (AvgIpc) is 3.18. The molecule has 32 heavy (non-hydrogen) atoms. The second-order valence-corrected chi connectivity index (χ2v) is 9.67. The number of hydrogen-bond donors (Lipinski definition) is 0. The van der Waals surface area contributed by atoms with Crippen molar-refractivity contribution >= 4 is 17.6 Å². The van der Waals surface area contributed by atoms with E-state index >= 15 is 0 Å². The van der Waals surface area contributed by atoms with E-state index in [2.05, 4.69) is 31.1 Å². The molecule has 8 heteroatoms. The zero-order valence-electron chi connectivity index (χ0n) is 19.2. The molecule has 1 fully saturated rings. The molecule has 1 aliphatic heterocycles. The normalized spacial score (nSPS) is 25.4. The molecule has 1 unspecified atom stereocenters. The maximum Gasteiger partial charge on any atom is 0.361 e. The van der Waals surface area contributed by atoms with Crippen molar-refractivity contribution in [2.24, 2.45) is 17.8 Å². The van der Waals surface area contributed by atoms with E-state index in [1.165, 1.54) is 6.42 Å². The van der Waals surface area contributed by atoms with Gasteiger partial charge in [0.2, 0.25) is 0 Å². The van der Waals surface area contributed by atoms with Gasteiger partial charge < -0.3 is 14.2 Å². The highest BCUT2D eigenvalue weighted by Gasteiger charge is 2.36. The minimum Gasteiger partial charge on any atom is -0.492 e. The van der Waals surface area contributed by atoms with Crippen LogP contribution in [0.3, 0.4) is 0 Å². The number of rotatable bonds is 6. The molecule has 4 rings (SSSR count). The lowest BCUT2D eigenvalue weighted by Gasteiger charge is -2.36. The third-order valence-corrected chi connectivity index (χ3v) is 6.93. The fraction of sp³-hybridized carbons (Fsp3) is 0.625. The monoisotopic (exact) mass is 461 g/mol. The Bertz CT molecular complexity index is 961. The van der Waals surface area contributed by atoms with E-state index in [-0.39, 0.29) is 24.5 Å². The summed E-state index contributed by atoms with van der Waals surface area (Å²) >= 11 is 6.33. The van der Waals surface area contributed by atoms with E-state index in [4.69, 9.17) is 25.8 Å². The van der Waals surface area contributed by atoms with Crippen molar-refractivity contribution < 1.29 is 19.0 Å². The molecule has 1 aliphatic carbocycles. The van der Waals surface area contributed by atoms with Crippen molar-refractivity contribution in [2.75, 3.05) is 6.61 Å². The Kier molecular flexibility index (Phi) is 7.05. The maximum absolute atomic E-state index is 13.0. The summed E-state index contributed by atoms with van der Waals surface area (Å²) in [6.07, 6.45) is 2.86. The van der Waals surface area contributed by atoms with Crippen LogP contribution in [0.5, 0.6) is 5.75 Å². The Morgan fingerprint density at radius 1 is 1.34 bits per heavy atom. The van der Waals surface area contributed by atoms with Gasteiger partial charge in [-0.25, -0.2) is 9.48 Å². The molecule has 1 saturated carbocycles. The number of carbonyl (C=O) groups excluding carboxylic acids is 1. The van der Waals surface area contributed by atoms with Crippen molar-refractivity contribution in [1.82, 2.24) is 15.0 Å². The van der Waals surface area contributed by atoms with Crippen LogP contribution < -0.4 is 4.74 Å². The molecule has 7 nitrogen and oxygen atoms in total. The number of fused-ring (bicyclic) bond motifs is 1. The van der Waals surface area contributed by atoms with E-state index in [0.29, 0.717) is 47.4 Å². The highest BCUT2D eigenvalue weighted by molar-refractivity contribution is 6.32. The number of ether oxygens (including phenoxy) is 3. The molecule has 0 N–H and O–H groups in total. The van der Waals surface area contributed by atoms with Crippen molar-refractivity contribution in [2.45, 2.75) is 72.3 Å². The van der Waals surface area contributed by atoms with Gasteiger partial charge in [-0.1, -0.05) is 50.1 Å². The molecule has 0 saturated heterocycles. The molecular formula is C24H32ClN3O4. The summed E-state index contributed by atoms with van der Waals surface area (Å²) in [6, 6.07) is 5.64. The molecule has 0 spiro atoms. The summed E-state index contributed by atoms with van der Waals surface area (Å²) in [5.41, 5.74) is 1.85. The fourth-order valence-corrected chi connectivity index (χ4v) is 5.05. The first-order chi connectivity index (χ1) is 15.4. The molecule has 1 aromatic heterocycles. The smallest absolute Gasteiger partial charge is 0.361 e. The molecule has 0 bridgehead atoms. The number of benzene rings is 1. The Labute approximate surface area is 194 Å². The highest BCUT2D eigenvalue weighted by Crippen LogP contribution is 2.36. The minimum absolute atomic E-state index is 0.0770. The minimum atomic E-state index is -0.401. The quantitative estimate of drug-likeness (QED) is 0.549. The number of nitrogens with zero attached hydrogens (tertiary/aromatic N) is 3. The summed E-state index contributed by atoms with van der Waals surface area (Å²) in [5, 5.41) is 8.91. The average molecular weight is 462 g/mol. The van der Waals surface area contributed by atoms with Gasteiger partial charge in [0.25, 0.3) is 0 Å². The molecule has 2 aliphatic rings. The molecular weight excluding hydrogens is 430 g/mol. The van der Waals surface area contributed by atoms with Gasteiger partial charge in [0.15, 0.2) is 5.69 Å². The SMILES string of the molecule is CCOc1ccc(C2Cn3nnc(C(=O)O[C@@H]4C[C@H](C)CC[C@H]4C(C)C)c3CO2)cc1Cl. The Morgan fingerprint density at radius 3 is 2.88 bits per heavy atom. The molecule has 2 heterocycles. The van der Waals surface area contributed by atoms with E-state index in [0.717, 1.165) is 18.4 Å². The van der Waals surface area contributed by atoms with Crippen LogP contribution in [0.25, 0.3) is 0 Å². The topological polar surface area (TPSA) is 75.5 Å². The largest absolute Gasteiger partial charge is 0.492 e. The van der Waals surface area contributed by atoms with E-state index in [1.807, 2.05) is 25.1 Å². The zero-order valence-corrected chi connectivity index (χ0v) is 20.0. The maximum atomic E-state index is 13.0. The first kappa shape index (κ1) is 23.1. The standard InChI is InChI=1S/C24H32ClN3O4/c1-5-30-20-9-7-16(11-18(20)25)22-12-28-19(13-31-22)23(26-27-28)24(29)32-21-10-15(4)6-8-17(21)14(2)3/h7,9,11,14-15,17,21-22H,5-6,8,10,12-13H2,1-4H3/t15-,17+,21-,22?/m1/s1. The predicted octanol–water partition coefficient (Wildman–Crippen LogP) is 5.22. The van der Waals surface area contributed by atoms with Crippen LogP contribution in [-0.4, -0.2) is 33.7 Å². The second kappa shape index (κ2) is 9.79. The molecule has 0 amide bonds. The third kappa shape index (κ3) is 4.79. The van der Waals surface area contributed by atoms with Gasteiger partial charge in [0, 0.05) is 0 Å². The zero-order chi connectivity index (χ0) is 22.8. The van der Waals surface area contributed by atoms with E-state index in [1.54, 1.807) is 4.68 Å². The Morgan fingerprint density at radius 2 is 2.16 bits per heavy atom. The number of halogens is 1. The summed E-state index contributed by atoms with van der Waals surface area (Å²) in [5.74, 6) is 1.66. The molecule has 174 valence electrons. The van der Waals surface area contributed by atoms with Gasteiger partial charge in [0.1, 0.15) is 18.0 Å². The Hall–Kier alpha value is -2.12. The molecule has 1 aromatic carbocycles. The first-order valence-corrected chi connectivity index (χ1v) is 11.9. The summed E-state index contributed by atoms with van der Waals surface area (Å²) in [7, 11) is 0. The van der Waals surface area contributed by atoms with E-state index < -0.39 is 5.97 Å². The summed E-state index contributed by atoms with van der Waals surface area (Å²) in [6.45, 7) is 9.78. The van der Waals surface area contributed by atoms with E-state index in [9.17, 15) is 4.79 Å². The molecule has 4 atom stereocenters. The van der Waals surface area contributed by atoms with Crippen LogP contribution in [0.15, 0.2) is 18.2 Å². The highest BCUT2D eigenvalue weighted by atomic mass is 35.5. The third-order valence-electron chi connectivity index (χ3n) is 6.64. The lowest BCUT2D eigenvalue weighted by Crippen LogP contribution is -2.36. The molecule has 0 radical (unpaired) electrons. The lowest BCUT2D eigenvalue weighted by atomic mass is 9.75. The number of carbonyl (C=O) groups is 1. The van der Waals surface area contributed by atoms with Gasteiger partial charge >= 0.3 is 5.97 Å². The van der Waals surface area contributed by atoms with Gasteiger partial charge in [0.05, 0.1) is 30.5 Å². The number of aromatic nitrogens is 3. The van der Waals surface area contributed by atoms with Crippen LogP contribution >= 0.6 is 11.6 Å². The van der Waals surface area contributed by atoms with Crippen molar-refractivity contribution in [3.8, 4) is 5.75 Å². The summed E-state index contributed by atoms with van der Waals surface area (Å²) < 4.78 is 19.3. The second-order valence-electron chi connectivity index (χ2n) is 9.26. The van der Waals surface area contributed by atoms with Crippen molar-refractivity contribution in [3.63, 3.8) is 0 Å². The fourth-order valence-electron chi connectivity index (χ4n) is 4.81. The molecule has 2 aromatic rings. The lowest BCUT2D eigenvalue weighted by molar-refractivity contribution is -0.0200. The van der Waals surface area contributed by atoms with Crippen molar-refractivity contribution in [3.05, 3.63) is 40.2 Å². The van der Waals surface area contributed by atoms with Gasteiger partial charge in [-0.3, -0.25) is 0 Å². The first-order valence-electron chi connectivity index (χ1n) is 11.5. The predicted molar refractivity (Wildman–Crippen MR) is 121 cm³/mol. The van der Waals surface area contributed by atoms with Crippen molar-refractivity contribution in [1.29, 1.82) is 0 Å². The van der Waals surface area contributed by atoms with Gasteiger partial charge in [-0.05, 0) is 55.2 Å². The number of hydrogen-bond acceptors (Lipinski definition) is 6. The summed E-state index contributed by atoms with van der Waals surface area (Å²) in [4.78, 5) is 13.0. The van der Waals surface area contributed by atoms with Gasteiger partial charge in [-0.15, -0.1) is 5.10 Å². The van der Waals surface area contributed by atoms with Crippen LogP contribution in [0, 0.1) is 17.8 Å². The Balaban J connectivity index is 1.46.